The van der Waals surface area contributed by atoms with Crippen LogP contribution in [0.3, 0.4) is 0 Å². The smallest absolute Gasteiger partial charge is 0.416 e. The van der Waals surface area contributed by atoms with Gasteiger partial charge in [-0.1, -0.05) is 0 Å². The maximum Gasteiger partial charge on any atom is 0.416 e. The molecular formula is C12H8N2O8. The van der Waals surface area contributed by atoms with Crippen LogP contribution in [-0.2, 0) is 0 Å². The number of nitrogens with one attached hydrogen (secondary N) is 1. The van der Waals surface area contributed by atoms with Crippen molar-refractivity contribution in [2.75, 3.05) is 0 Å². The predicted molar refractivity (Wildman–Crippen MR) is 68.5 cm³/mol. The van der Waals surface area contributed by atoms with Crippen LogP contribution in [0.25, 0.3) is 11.4 Å². The van der Waals surface area contributed by atoms with E-state index in [0.29, 0.717) is 0 Å². The Hall–Kier alpha value is -3.56. The van der Waals surface area contributed by atoms with Crippen molar-refractivity contribution in [3.8, 4) is 11.4 Å². The minimum absolute atomic E-state index is 0.0465. The molecule has 0 unspecified atom stereocenters. The SMILES string of the molecule is O=C(O)c1c(C(=O)O)c(-c2ccc[nH]2)n(C(=O)O)c1C(=O)O. The van der Waals surface area contributed by atoms with Crippen molar-refractivity contribution in [3.05, 3.63) is 35.2 Å². The van der Waals surface area contributed by atoms with E-state index in [4.69, 9.17) is 10.2 Å². The number of aromatic carboxylic acids is 3. The maximum absolute atomic E-state index is 11.4. The van der Waals surface area contributed by atoms with E-state index < -0.39 is 46.5 Å². The third-order valence-electron chi connectivity index (χ3n) is 2.85. The molecule has 2 aromatic heterocycles. The zero-order valence-electron chi connectivity index (χ0n) is 10.6. The lowest BCUT2D eigenvalue weighted by Gasteiger charge is -2.05. The highest BCUT2D eigenvalue weighted by Gasteiger charge is 2.37. The molecule has 0 fully saturated rings. The van der Waals surface area contributed by atoms with Gasteiger partial charge in [-0.3, -0.25) is 0 Å². The van der Waals surface area contributed by atoms with Crippen LogP contribution in [0.4, 0.5) is 4.79 Å². The van der Waals surface area contributed by atoms with Crippen LogP contribution in [-0.4, -0.2) is 54.0 Å². The number of carboxylic acid groups (broad SMARTS) is 4. The molecule has 0 spiro atoms. The third-order valence-corrected chi connectivity index (χ3v) is 2.85. The molecule has 0 amide bonds. The summed E-state index contributed by atoms with van der Waals surface area (Å²) < 4.78 is 0.126. The first-order chi connectivity index (χ1) is 10.3. The summed E-state index contributed by atoms with van der Waals surface area (Å²) in [6.45, 7) is 0. The van der Waals surface area contributed by atoms with E-state index >= 15 is 0 Å². The van der Waals surface area contributed by atoms with Gasteiger partial charge in [0.05, 0.1) is 11.4 Å². The highest BCUT2D eigenvalue weighted by Crippen LogP contribution is 2.31. The zero-order chi connectivity index (χ0) is 16.6. The van der Waals surface area contributed by atoms with E-state index in [-0.39, 0.29) is 10.3 Å². The number of hydrogen-bond donors (Lipinski definition) is 5. The van der Waals surface area contributed by atoms with Gasteiger partial charge in [0.15, 0.2) is 5.69 Å². The fraction of sp³-hybridized carbons (Fsp3) is 0. The summed E-state index contributed by atoms with van der Waals surface area (Å²) in [6, 6.07) is 2.71. The maximum atomic E-state index is 11.4. The Morgan fingerprint density at radius 1 is 0.909 bits per heavy atom. The summed E-state index contributed by atoms with van der Waals surface area (Å²) >= 11 is 0. The van der Waals surface area contributed by atoms with Crippen LogP contribution in [0, 0.1) is 0 Å². The van der Waals surface area contributed by atoms with E-state index in [1.807, 2.05) is 0 Å². The Morgan fingerprint density at radius 3 is 1.86 bits per heavy atom. The van der Waals surface area contributed by atoms with Crippen molar-refractivity contribution in [2.45, 2.75) is 0 Å². The van der Waals surface area contributed by atoms with Crippen molar-refractivity contribution < 1.29 is 39.6 Å². The van der Waals surface area contributed by atoms with Gasteiger partial charge < -0.3 is 25.4 Å². The number of H-pyrrole nitrogens is 1. The quantitative estimate of drug-likeness (QED) is 0.559. The molecule has 0 atom stereocenters. The standard InChI is InChI=1S/C12H8N2O8/c15-9(16)5-6(10(17)18)8(11(19)20)14(12(21)22)7(5)4-2-1-3-13-4/h1-3,13H,(H,15,16)(H,17,18)(H,19,20)(H,21,22). The molecule has 2 rings (SSSR count). The van der Waals surface area contributed by atoms with Crippen LogP contribution in [0.1, 0.15) is 31.2 Å². The van der Waals surface area contributed by atoms with Gasteiger partial charge in [-0.25, -0.2) is 23.7 Å². The van der Waals surface area contributed by atoms with Gasteiger partial charge in [0.1, 0.15) is 11.1 Å². The van der Waals surface area contributed by atoms with Gasteiger partial charge in [-0.2, -0.15) is 0 Å². The summed E-state index contributed by atoms with van der Waals surface area (Å²) in [4.78, 5) is 47.8. The molecule has 10 heteroatoms. The van der Waals surface area contributed by atoms with E-state index in [0.717, 1.165) is 0 Å². The zero-order valence-corrected chi connectivity index (χ0v) is 10.6. The van der Waals surface area contributed by atoms with Gasteiger partial charge in [0.25, 0.3) is 0 Å². The van der Waals surface area contributed by atoms with Gasteiger partial charge >= 0.3 is 24.0 Å². The summed E-state index contributed by atoms with van der Waals surface area (Å²) in [7, 11) is 0. The first-order valence-corrected chi connectivity index (χ1v) is 5.63. The largest absolute Gasteiger partial charge is 0.478 e. The molecule has 10 nitrogen and oxygen atoms in total. The number of aromatic amines is 1. The summed E-state index contributed by atoms with van der Waals surface area (Å²) in [6.07, 6.45) is -0.474. The van der Waals surface area contributed by atoms with Gasteiger partial charge in [0, 0.05) is 6.20 Å². The van der Waals surface area contributed by atoms with Crippen LogP contribution in [0.15, 0.2) is 18.3 Å². The molecule has 0 aliphatic heterocycles. The second kappa shape index (κ2) is 5.09. The average molecular weight is 308 g/mol. The number of carbonyl (C=O) groups is 4. The van der Waals surface area contributed by atoms with Gasteiger partial charge in [-0.05, 0) is 12.1 Å². The summed E-state index contributed by atoms with van der Waals surface area (Å²) in [5.41, 5.74) is -3.79. The Kier molecular flexibility index (Phi) is 3.43. The molecule has 2 aromatic rings. The molecule has 0 aromatic carbocycles. The minimum atomic E-state index is -1.87. The predicted octanol–water partition coefficient (Wildman–Crippen LogP) is 1.10. The van der Waals surface area contributed by atoms with Crippen LogP contribution < -0.4 is 0 Å². The topological polar surface area (TPSA) is 170 Å². The number of hydrogen-bond acceptors (Lipinski definition) is 4. The summed E-state index contributed by atoms with van der Waals surface area (Å²) in [5, 5.41) is 36.6. The third kappa shape index (κ3) is 2.08. The van der Waals surface area contributed by atoms with Crippen molar-refractivity contribution in [3.63, 3.8) is 0 Å². The number of aromatic nitrogens is 2. The number of rotatable bonds is 4. The monoisotopic (exact) mass is 308 g/mol. The normalized spacial score (nSPS) is 10.4. The molecule has 0 saturated heterocycles. The lowest BCUT2D eigenvalue weighted by molar-refractivity contribution is 0.0632. The highest BCUT2D eigenvalue weighted by molar-refractivity contribution is 6.14. The van der Waals surface area contributed by atoms with Crippen molar-refractivity contribution >= 4 is 24.0 Å². The van der Waals surface area contributed by atoms with Crippen LogP contribution >= 0.6 is 0 Å². The van der Waals surface area contributed by atoms with Crippen LogP contribution in [0.5, 0.6) is 0 Å². The van der Waals surface area contributed by atoms with Crippen molar-refractivity contribution in [1.29, 1.82) is 0 Å². The number of nitrogens with zero attached hydrogens (tertiary/aromatic N) is 1. The van der Waals surface area contributed by atoms with E-state index in [2.05, 4.69) is 4.98 Å². The van der Waals surface area contributed by atoms with Gasteiger partial charge in [0.2, 0.25) is 0 Å². The van der Waals surface area contributed by atoms with Crippen LogP contribution in [0.2, 0.25) is 0 Å². The lowest BCUT2D eigenvalue weighted by Crippen LogP contribution is -2.18. The highest BCUT2D eigenvalue weighted by atomic mass is 16.4. The molecule has 0 radical (unpaired) electrons. The minimum Gasteiger partial charge on any atom is -0.478 e. The second-order valence-electron chi connectivity index (χ2n) is 4.06. The fourth-order valence-electron chi connectivity index (χ4n) is 2.12. The average Bonchev–Trinajstić information content (AvgIpc) is 3.02. The van der Waals surface area contributed by atoms with Crippen molar-refractivity contribution in [1.82, 2.24) is 9.55 Å². The molecule has 0 bridgehead atoms. The molecule has 2 heterocycles. The van der Waals surface area contributed by atoms with E-state index in [1.165, 1.54) is 18.3 Å². The molecule has 114 valence electrons. The lowest BCUT2D eigenvalue weighted by atomic mass is 10.1. The van der Waals surface area contributed by atoms with E-state index in [1.54, 1.807) is 0 Å². The molecule has 5 N–H and O–H groups in total. The summed E-state index contributed by atoms with van der Waals surface area (Å²) in [5.74, 6) is -5.49. The van der Waals surface area contributed by atoms with Crippen molar-refractivity contribution in [2.24, 2.45) is 0 Å². The Bertz CT molecular complexity index is 750. The first-order valence-electron chi connectivity index (χ1n) is 5.63. The Morgan fingerprint density at radius 2 is 1.50 bits per heavy atom. The molecule has 0 aliphatic carbocycles. The molecule has 0 saturated carbocycles. The van der Waals surface area contributed by atoms with E-state index in [9.17, 15) is 29.4 Å². The Balaban J connectivity index is 3.07. The fourth-order valence-corrected chi connectivity index (χ4v) is 2.12. The number of carboxylic acids is 3. The Labute approximate surface area is 120 Å². The second-order valence-corrected chi connectivity index (χ2v) is 4.06. The molecule has 0 aliphatic rings. The molecular weight excluding hydrogens is 300 g/mol. The first kappa shape index (κ1) is 14.8. The molecule has 22 heavy (non-hydrogen) atoms. The van der Waals surface area contributed by atoms with Gasteiger partial charge in [-0.15, -0.1) is 0 Å².